The number of hydrogen-bond acceptors (Lipinski definition) is 5. The molecule has 4 aromatic rings. The van der Waals surface area contributed by atoms with Crippen LogP contribution >= 0.6 is 11.6 Å². The highest BCUT2D eigenvalue weighted by Gasteiger charge is 2.36. The number of amides is 1. The normalized spacial score (nSPS) is 13.9. The minimum Gasteiger partial charge on any atom is -0.358 e. The number of halogens is 4. The average molecular weight is 499 g/mol. The fourth-order valence-electron chi connectivity index (χ4n) is 3.84. The van der Waals surface area contributed by atoms with E-state index in [1.54, 1.807) is 54.7 Å². The van der Waals surface area contributed by atoms with E-state index in [0.29, 0.717) is 17.3 Å². The van der Waals surface area contributed by atoms with Crippen LogP contribution in [0.1, 0.15) is 21.7 Å². The lowest BCUT2D eigenvalue weighted by atomic mass is 10.1. The van der Waals surface area contributed by atoms with Gasteiger partial charge < -0.3 is 10.2 Å². The van der Waals surface area contributed by atoms with Gasteiger partial charge in [-0.05, 0) is 47.2 Å². The van der Waals surface area contributed by atoms with Crippen molar-refractivity contribution in [2.75, 3.05) is 25.5 Å². The minimum absolute atomic E-state index is 0.189. The molecule has 0 fully saturated rings. The molecule has 1 aliphatic heterocycles. The number of carbonyl (C=O) groups excluding carboxylic acids is 1. The number of benzene rings is 2. The molecule has 11 heteroatoms. The van der Waals surface area contributed by atoms with Crippen molar-refractivity contribution in [1.82, 2.24) is 19.7 Å². The van der Waals surface area contributed by atoms with Crippen molar-refractivity contribution < 1.29 is 18.0 Å². The minimum atomic E-state index is -4.72. The van der Waals surface area contributed by atoms with Crippen molar-refractivity contribution in [3.05, 3.63) is 82.8 Å². The molecule has 3 heterocycles. The van der Waals surface area contributed by atoms with Crippen LogP contribution in [0.2, 0.25) is 5.02 Å². The van der Waals surface area contributed by atoms with Crippen molar-refractivity contribution in [1.29, 1.82) is 0 Å². The number of nitrogens with one attached hydrogen (secondary N) is 1. The molecule has 2 aromatic carbocycles. The van der Waals surface area contributed by atoms with E-state index in [2.05, 4.69) is 20.4 Å². The van der Waals surface area contributed by atoms with Gasteiger partial charge in [0.15, 0.2) is 5.69 Å². The molecule has 0 aliphatic carbocycles. The Hall–Kier alpha value is -3.92. The van der Waals surface area contributed by atoms with Crippen LogP contribution in [0.5, 0.6) is 0 Å². The lowest BCUT2D eigenvalue weighted by Crippen LogP contribution is -2.23. The smallest absolute Gasteiger partial charge is 0.358 e. The summed E-state index contributed by atoms with van der Waals surface area (Å²) in [5.41, 5.74) is -0.379. The third kappa shape index (κ3) is 4.57. The predicted octanol–water partition coefficient (Wildman–Crippen LogP) is 5.04. The van der Waals surface area contributed by atoms with E-state index in [4.69, 9.17) is 11.6 Å². The Labute approximate surface area is 202 Å². The Morgan fingerprint density at radius 2 is 1.83 bits per heavy atom. The predicted molar refractivity (Wildman–Crippen MR) is 127 cm³/mol. The molecule has 178 valence electrons. The van der Waals surface area contributed by atoms with Gasteiger partial charge in [0.05, 0.1) is 12.2 Å². The first kappa shape index (κ1) is 22.9. The van der Waals surface area contributed by atoms with Crippen LogP contribution in [0, 0.1) is 0 Å². The zero-order valence-corrected chi connectivity index (χ0v) is 19.1. The molecule has 0 radical (unpaired) electrons. The molecule has 1 amide bonds. The zero-order chi connectivity index (χ0) is 24.7. The summed E-state index contributed by atoms with van der Waals surface area (Å²) in [6, 6.07) is 14.1. The van der Waals surface area contributed by atoms with Crippen LogP contribution in [-0.2, 0) is 6.18 Å². The second kappa shape index (κ2) is 8.70. The average Bonchev–Trinajstić information content (AvgIpc) is 3.46. The summed E-state index contributed by atoms with van der Waals surface area (Å²) in [7, 11) is 1.92. The number of anilines is 1. The zero-order valence-electron chi connectivity index (χ0n) is 18.3. The van der Waals surface area contributed by atoms with Crippen molar-refractivity contribution in [3.8, 4) is 5.69 Å². The van der Waals surface area contributed by atoms with Crippen molar-refractivity contribution in [3.63, 3.8) is 0 Å². The largest absolute Gasteiger partial charge is 0.435 e. The molecule has 0 unspecified atom stereocenters. The highest BCUT2D eigenvalue weighted by atomic mass is 35.5. The number of aromatic nitrogens is 3. The third-order valence-corrected chi connectivity index (χ3v) is 5.82. The Balaban J connectivity index is 1.47. The maximum Gasteiger partial charge on any atom is 0.435 e. The van der Waals surface area contributed by atoms with Gasteiger partial charge in [0.2, 0.25) is 0 Å². The van der Waals surface area contributed by atoms with Crippen molar-refractivity contribution in [2.45, 2.75) is 6.18 Å². The van der Waals surface area contributed by atoms with Gasteiger partial charge in [0, 0.05) is 36.4 Å². The van der Waals surface area contributed by atoms with Crippen LogP contribution in [-0.4, -0.2) is 51.5 Å². The first-order chi connectivity index (χ1) is 16.7. The molecule has 1 N–H and O–H groups in total. The number of amidine groups is 1. The summed E-state index contributed by atoms with van der Waals surface area (Å²) in [4.78, 5) is 23.7. The Morgan fingerprint density at radius 3 is 2.51 bits per heavy atom. The second-order valence-corrected chi connectivity index (χ2v) is 8.45. The Bertz CT molecular complexity index is 1460. The van der Waals surface area contributed by atoms with Crippen molar-refractivity contribution in [2.24, 2.45) is 4.99 Å². The SMILES string of the molecule is CN1CCN=C1c1ccc(NC(=O)c2cc(C(F)(F)F)nn2-c2ccc3cc(Cl)ccc3c2)nc1. The van der Waals surface area contributed by atoms with Gasteiger partial charge in [-0.3, -0.25) is 9.79 Å². The molecule has 0 bridgehead atoms. The van der Waals surface area contributed by atoms with Crippen LogP contribution in [0.4, 0.5) is 19.0 Å². The summed E-state index contributed by atoms with van der Waals surface area (Å²) in [6.07, 6.45) is -3.16. The highest BCUT2D eigenvalue weighted by Crippen LogP contribution is 2.31. The fraction of sp³-hybridized carbons (Fsp3) is 0.167. The number of aliphatic imine (C=N–C) groups is 1. The van der Waals surface area contributed by atoms with E-state index in [0.717, 1.165) is 39.5 Å². The summed E-state index contributed by atoms with van der Waals surface area (Å²) >= 11 is 6.02. The van der Waals surface area contributed by atoms with E-state index >= 15 is 0 Å². The molecular formula is C24H18ClF3N6O. The number of pyridine rings is 1. The molecule has 0 saturated carbocycles. The molecule has 7 nitrogen and oxygen atoms in total. The molecule has 2 aromatic heterocycles. The van der Waals surface area contributed by atoms with E-state index in [1.165, 1.54) is 0 Å². The van der Waals surface area contributed by atoms with Crippen molar-refractivity contribution >= 4 is 39.9 Å². The summed E-state index contributed by atoms with van der Waals surface area (Å²) in [6.45, 7) is 1.50. The van der Waals surface area contributed by atoms with Gasteiger partial charge in [0.1, 0.15) is 17.3 Å². The fourth-order valence-corrected chi connectivity index (χ4v) is 4.02. The van der Waals surface area contributed by atoms with Gasteiger partial charge in [-0.1, -0.05) is 23.7 Å². The molecule has 1 aliphatic rings. The number of hydrogen-bond donors (Lipinski definition) is 1. The molecule has 0 atom stereocenters. The Kier molecular flexibility index (Phi) is 5.68. The number of carbonyl (C=O) groups is 1. The molecule has 35 heavy (non-hydrogen) atoms. The van der Waals surface area contributed by atoms with E-state index < -0.39 is 17.8 Å². The van der Waals surface area contributed by atoms with Gasteiger partial charge in [-0.15, -0.1) is 0 Å². The van der Waals surface area contributed by atoms with Crippen LogP contribution in [0.25, 0.3) is 16.5 Å². The van der Waals surface area contributed by atoms with Crippen LogP contribution in [0.15, 0.2) is 65.8 Å². The van der Waals surface area contributed by atoms with Crippen LogP contribution in [0.3, 0.4) is 0 Å². The van der Waals surface area contributed by atoms with Gasteiger partial charge in [0.25, 0.3) is 5.91 Å². The number of fused-ring (bicyclic) bond motifs is 1. The van der Waals surface area contributed by atoms with Gasteiger partial charge in [-0.2, -0.15) is 18.3 Å². The van der Waals surface area contributed by atoms with E-state index in [9.17, 15) is 18.0 Å². The maximum absolute atomic E-state index is 13.5. The monoisotopic (exact) mass is 498 g/mol. The summed E-state index contributed by atoms with van der Waals surface area (Å²) in [5, 5.41) is 8.31. The quantitative estimate of drug-likeness (QED) is 0.428. The lowest BCUT2D eigenvalue weighted by molar-refractivity contribution is -0.141. The lowest BCUT2D eigenvalue weighted by Gasteiger charge is -2.13. The van der Waals surface area contributed by atoms with Gasteiger partial charge in [-0.25, -0.2) is 9.67 Å². The Morgan fingerprint density at radius 1 is 1.06 bits per heavy atom. The molecule has 0 spiro atoms. The first-order valence-electron chi connectivity index (χ1n) is 10.6. The number of nitrogens with zero attached hydrogens (tertiary/aromatic N) is 5. The highest BCUT2D eigenvalue weighted by molar-refractivity contribution is 6.31. The van der Waals surface area contributed by atoms with E-state index in [-0.39, 0.29) is 11.5 Å². The van der Waals surface area contributed by atoms with Gasteiger partial charge >= 0.3 is 6.18 Å². The number of alkyl halides is 3. The number of likely N-dealkylation sites (N-methyl/N-ethyl adjacent to an activating group) is 1. The van der Waals surface area contributed by atoms with E-state index in [1.807, 2.05) is 11.9 Å². The second-order valence-electron chi connectivity index (χ2n) is 8.01. The summed E-state index contributed by atoms with van der Waals surface area (Å²) < 4.78 is 41.4. The van der Waals surface area contributed by atoms with Crippen LogP contribution < -0.4 is 5.32 Å². The first-order valence-corrected chi connectivity index (χ1v) is 11.0. The standard InChI is InChI=1S/C24H18ClF3N6O/c1-33-9-8-29-22(33)16-4-7-21(30-13-16)31-23(35)19-12-20(24(26,27)28)32-34(19)18-6-3-14-10-17(25)5-2-15(14)11-18/h2-7,10-13H,8-9H2,1H3,(H,30,31,35). The third-order valence-electron chi connectivity index (χ3n) is 5.58. The summed E-state index contributed by atoms with van der Waals surface area (Å²) in [5.74, 6) is 0.204. The topological polar surface area (TPSA) is 75.4 Å². The number of rotatable bonds is 4. The maximum atomic E-state index is 13.5. The molecule has 5 rings (SSSR count). The molecule has 0 saturated heterocycles. The molecular weight excluding hydrogens is 481 g/mol.